The maximum Gasteiger partial charge on any atom is 0.228 e. The summed E-state index contributed by atoms with van der Waals surface area (Å²) in [5, 5.41) is 2.87. The van der Waals surface area contributed by atoms with Gasteiger partial charge in [0.2, 0.25) is 5.91 Å². The number of hydrogen-bond donors (Lipinski definition) is 1. The van der Waals surface area contributed by atoms with Crippen molar-refractivity contribution >= 4 is 11.6 Å². The number of carbonyl (C=O) groups is 1. The molecule has 0 aliphatic rings. The highest BCUT2D eigenvalue weighted by Crippen LogP contribution is 2.30. The molecule has 0 fully saturated rings. The molecule has 0 aliphatic heterocycles. The third-order valence-electron chi connectivity index (χ3n) is 3.25. The van der Waals surface area contributed by atoms with Crippen molar-refractivity contribution in [3.8, 4) is 11.5 Å². The van der Waals surface area contributed by atoms with Crippen LogP contribution in [0.5, 0.6) is 11.5 Å². The van der Waals surface area contributed by atoms with Crippen molar-refractivity contribution in [2.75, 3.05) is 19.5 Å². The van der Waals surface area contributed by atoms with E-state index in [1.807, 2.05) is 49.4 Å². The SMILES string of the molecule is COc1cc(C)c(CC(=O)Nc2ccccc2)cc1OC. The van der Waals surface area contributed by atoms with Gasteiger partial charge in [0.1, 0.15) is 0 Å². The second-order valence-corrected chi connectivity index (χ2v) is 4.72. The van der Waals surface area contributed by atoms with Crippen LogP contribution in [-0.2, 0) is 11.2 Å². The lowest BCUT2D eigenvalue weighted by molar-refractivity contribution is -0.115. The number of ether oxygens (including phenoxy) is 2. The van der Waals surface area contributed by atoms with Gasteiger partial charge >= 0.3 is 0 Å². The van der Waals surface area contributed by atoms with Crippen molar-refractivity contribution in [3.63, 3.8) is 0 Å². The average Bonchev–Trinajstić information content (AvgIpc) is 2.49. The van der Waals surface area contributed by atoms with Gasteiger partial charge in [0, 0.05) is 5.69 Å². The topological polar surface area (TPSA) is 47.6 Å². The van der Waals surface area contributed by atoms with Crippen LogP contribution in [-0.4, -0.2) is 20.1 Å². The number of aryl methyl sites for hydroxylation is 1. The molecule has 0 radical (unpaired) electrons. The second-order valence-electron chi connectivity index (χ2n) is 4.72. The van der Waals surface area contributed by atoms with Crippen LogP contribution in [0.2, 0.25) is 0 Å². The van der Waals surface area contributed by atoms with Gasteiger partial charge in [-0.25, -0.2) is 0 Å². The van der Waals surface area contributed by atoms with Gasteiger partial charge in [-0.1, -0.05) is 18.2 Å². The number of para-hydroxylation sites is 1. The van der Waals surface area contributed by atoms with Crippen LogP contribution in [0.1, 0.15) is 11.1 Å². The van der Waals surface area contributed by atoms with Crippen molar-refractivity contribution in [2.24, 2.45) is 0 Å². The lowest BCUT2D eigenvalue weighted by Gasteiger charge is -2.13. The van der Waals surface area contributed by atoms with E-state index in [0.29, 0.717) is 17.9 Å². The lowest BCUT2D eigenvalue weighted by Crippen LogP contribution is -2.15. The molecule has 0 heterocycles. The third kappa shape index (κ3) is 3.75. The van der Waals surface area contributed by atoms with Crippen molar-refractivity contribution in [3.05, 3.63) is 53.6 Å². The summed E-state index contributed by atoms with van der Waals surface area (Å²) < 4.78 is 10.5. The van der Waals surface area contributed by atoms with Gasteiger partial charge in [-0.2, -0.15) is 0 Å². The Kier molecular flexibility index (Phi) is 4.82. The minimum absolute atomic E-state index is 0.0588. The average molecular weight is 285 g/mol. The van der Waals surface area contributed by atoms with Gasteiger partial charge < -0.3 is 14.8 Å². The Hall–Kier alpha value is -2.49. The first-order valence-electron chi connectivity index (χ1n) is 6.70. The summed E-state index contributed by atoms with van der Waals surface area (Å²) in [4.78, 5) is 12.1. The predicted octanol–water partition coefficient (Wildman–Crippen LogP) is 3.19. The highest BCUT2D eigenvalue weighted by atomic mass is 16.5. The molecule has 0 saturated heterocycles. The zero-order chi connectivity index (χ0) is 15.2. The van der Waals surface area contributed by atoms with Gasteiger partial charge in [-0.3, -0.25) is 4.79 Å². The van der Waals surface area contributed by atoms with E-state index < -0.39 is 0 Å². The molecule has 0 atom stereocenters. The molecule has 21 heavy (non-hydrogen) atoms. The van der Waals surface area contributed by atoms with Crippen molar-refractivity contribution in [1.29, 1.82) is 0 Å². The molecule has 2 aromatic carbocycles. The number of methoxy groups -OCH3 is 2. The molecule has 2 aromatic rings. The number of benzene rings is 2. The van der Waals surface area contributed by atoms with E-state index >= 15 is 0 Å². The molecule has 4 heteroatoms. The molecule has 110 valence electrons. The van der Waals surface area contributed by atoms with Gasteiger partial charge in [-0.15, -0.1) is 0 Å². The maximum absolute atomic E-state index is 12.1. The molecule has 0 spiro atoms. The summed E-state index contributed by atoms with van der Waals surface area (Å²) in [5.74, 6) is 1.24. The van der Waals surface area contributed by atoms with Crippen LogP contribution in [0.25, 0.3) is 0 Å². The molecule has 0 aliphatic carbocycles. The highest BCUT2D eigenvalue weighted by molar-refractivity contribution is 5.92. The molecule has 1 N–H and O–H groups in total. The maximum atomic E-state index is 12.1. The fourth-order valence-corrected chi connectivity index (χ4v) is 2.11. The zero-order valence-corrected chi connectivity index (χ0v) is 12.5. The predicted molar refractivity (Wildman–Crippen MR) is 83.1 cm³/mol. The molecule has 0 bridgehead atoms. The molecule has 0 saturated carbocycles. The Labute approximate surface area is 124 Å². The summed E-state index contributed by atoms with van der Waals surface area (Å²) in [7, 11) is 3.18. The Bertz CT molecular complexity index is 623. The Morgan fingerprint density at radius 3 is 2.29 bits per heavy atom. The van der Waals surface area contributed by atoms with Gasteiger partial charge in [0.25, 0.3) is 0 Å². The van der Waals surface area contributed by atoms with Gasteiger partial charge in [-0.05, 0) is 42.3 Å². The molecule has 4 nitrogen and oxygen atoms in total. The molecule has 0 unspecified atom stereocenters. The van der Waals surface area contributed by atoms with Crippen LogP contribution < -0.4 is 14.8 Å². The summed E-state index contributed by atoms with van der Waals surface area (Å²) in [6.07, 6.45) is 0.293. The number of amides is 1. The third-order valence-corrected chi connectivity index (χ3v) is 3.25. The zero-order valence-electron chi connectivity index (χ0n) is 12.5. The Morgan fingerprint density at radius 1 is 1.05 bits per heavy atom. The minimum Gasteiger partial charge on any atom is -0.493 e. The van der Waals surface area contributed by atoms with Crippen LogP contribution in [0, 0.1) is 6.92 Å². The molecule has 1 amide bonds. The largest absolute Gasteiger partial charge is 0.493 e. The standard InChI is InChI=1S/C17H19NO3/c1-12-9-15(20-2)16(21-3)10-13(12)11-17(19)18-14-7-5-4-6-8-14/h4-10H,11H2,1-3H3,(H,18,19). The number of nitrogens with one attached hydrogen (secondary N) is 1. The van der Waals surface area contributed by atoms with E-state index in [-0.39, 0.29) is 5.91 Å². The molecular weight excluding hydrogens is 266 g/mol. The van der Waals surface area contributed by atoms with Gasteiger partial charge in [0.15, 0.2) is 11.5 Å². The summed E-state index contributed by atoms with van der Waals surface area (Å²) in [6, 6.07) is 13.1. The molecular formula is C17H19NO3. The first-order chi connectivity index (χ1) is 10.1. The summed E-state index contributed by atoms with van der Waals surface area (Å²) in [6.45, 7) is 1.95. The highest BCUT2D eigenvalue weighted by Gasteiger charge is 2.11. The van der Waals surface area contributed by atoms with Crippen LogP contribution >= 0.6 is 0 Å². The van der Waals surface area contributed by atoms with Crippen LogP contribution in [0.3, 0.4) is 0 Å². The summed E-state index contributed by atoms with van der Waals surface area (Å²) in [5.41, 5.74) is 2.71. The fraction of sp³-hybridized carbons (Fsp3) is 0.235. The summed E-state index contributed by atoms with van der Waals surface area (Å²) >= 11 is 0. The number of hydrogen-bond acceptors (Lipinski definition) is 3. The first-order valence-corrected chi connectivity index (χ1v) is 6.70. The monoisotopic (exact) mass is 285 g/mol. The van der Waals surface area contributed by atoms with Crippen molar-refractivity contribution in [2.45, 2.75) is 13.3 Å². The van der Waals surface area contributed by atoms with Crippen molar-refractivity contribution < 1.29 is 14.3 Å². The number of anilines is 1. The van der Waals surface area contributed by atoms with Crippen molar-refractivity contribution in [1.82, 2.24) is 0 Å². The van der Waals surface area contributed by atoms with E-state index in [1.165, 1.54) is 0 Å². The van der Waals surface area contributed by atoms with Gasteiger partial charge in [0.05, 0.1) is 20.6 Å². The second kappa shape index (κ2) is 6.79. The smallest absolute Gasteiger partial charge is 0.228 e. The number of rotatable bonds is 5. The van der Waals surface area contributed by atoms with E-state index in [1.54, 1.807) is 14.2 Å². The van der Waals surface area contributed by atoms with E-state index in [9.17, 15) is 4.79 Å². The first kappa shape index (κ1) is 14.9. The Balaban J connectivity index is 2.14. The normalized spacial score (nSPS) is 10.0. The van der Waals surface area contributed by atoms with Crippen LogP contribution in [0.15, 0.2) is 42.5 Å². The van der Waals surface area contributed by atoms with E-state index in [0.717, 1.165) is 16.8 Å². The molecule has 0 aromatic heterocycles. The quantitative estimate of drug-likeness (QED) is 0.917. The van der Waals surface area contributed by atoms with Crippen LogP contribution in [0.4, 0.5) is 5.69 Å². The molecule has 2 rings (SSSR count). The lowest BCUT2D eigenvalue weighted by atomic mass is 10.0. The van der Waals surface area contributed by atoms with E-state index in [4.69, 9.17) is 9.47 Å². The Morgan fingerprint density at radius 2 is 1.67 bits per heavy atom. The van der Waals surface area contributed by atoms with E-state index in [2.05, 4.69) is 5.32 Å². The number of carbonyl (C=O) groups excluding carboxylic acids is 1. The minimum atomic E-state index is -0.0588. The fourth-order valence-electron chi connectivity index (χ4n) is 2.11.